The van der Waals surface area contributed by atoms with E-state index >= 15 is 0 Å². The van der Waals surface area contributed by atoms with E-state index in [2.05, 4.69) is 0 Å². The van der Waals surface area contributed by atoms with Crippen LogP contribution in [0, 0.1) is 17.0 Å². The minimum absolute atomic E-state index is 0.0101. The van der Waals surface area contributed by atoms with Crippen LogP contribution in [0.5, 0.6) is 0 Å². The second kappa shape index (κ2) is 6.97. The van der Waals surface area contributed by atoms with Crippen LogP contribution >= 0.6 is 0 Å². The summed E-state index contributed by atoms with van der Waals surface area (Å²) in [6.45, 7) is 2.76. The van der Waals surface area contributed by atoms with Crippen molar-refractivity contribution in [2.75, 3.05) is 34.2 Å². The molecule has 0 amide bonds. The lowest BCUT2D eigenvalue weighted by Crippen LogP contribution is -2.30. The molecule has 7 nitrogen and oxygen atoms in total. The van der Waals surface area contributed by atoms with Gasteiger partial charge in [0.25, 0.3) is 5.69 Å². The van der Waals surface area contributed by atoms with E-state index < -0.39 is 14.9 Å². The zero-order valence-electron chi connectivity index (χ0n) is 12.7. The van der Waals surface area contributed by atoms with Gasteiger partial charge in [0.2, 0.25) is 10.0 Å². The predicted molar refractivity (Wildman–Crippen MR) is 80.8 cm³/mol. The van der Waals surface area contributed by atoms with E-state index in [1.165, 1.54) is 23.5 Å². The molecule has 0 aliphatic carbocycles. The van der Waals surface area contributed by atoms with Crippen LogP contribution in [0.15, 0.2) is 23.1 Å². The van der Waals surface area contributed by atoms with Gasteiger partial charge in [-0.05, 0) is 39.5 Å². The van der Waals surface area contributed by atoms with Crippen LogP contribution < -0.4 is 0 Å². The Morgan fingerprint density at radius 2 is 1.81 bits per heavy atom. The number of benzene rings is 1. The minimum atomic E-state index is -3.71. The Hall–Kier alpha value is -1.51. The van der Waals surface area contributed by atoms with Crippen molar-refractivity contribution in [2.45, 2.75) is 18.2 Å². The SMILES string of the molecule is Cc1ccc([N+](=O)[O-])cc1S(=O)(=O)N(C)CCCN(C)C. The summed E-state index contributed by atoms with van der Waals surface area (Å²) in [5.74, 6) is 0. The summed E-state index contributed by atoms with van der Waals surface area (Å²) in [6.07, 6.45) is 0.691. The van der Waals surface area contributed by atoms with Gasteiger partial charge in [-0.15, -0.1) is 0 Å². The average Bonchev–Trinajstić information content (AvgIpc) is 2.37. The van der Waals surface area contributed by atoms with Crippen LogP contribution in [0.3, 0.4) is 0 Å². The Labute approximate surface area is 125 Å². The van der Waals surface area contributed by atoms with Crippen LogP contribution in [0.25, 0.3) is 0 Å². The molecular weight excluding hydrogens is 294 g/mol. The summed E-state index contributed by atoms with van der Waals surface area (Å²) >= 11 is 0. The quantitative estimate of drug-likeness (QED) is 0.562. The molecule has 0 aromatic heterocycles. The molecule has 0 radical (unpaired) electrons. The molecule has 0 bridgehead atoms. The predicted octanol–water partition coefficient (Wildman–Crippen LogP) is 1.48. The zero-order chi connectivity index (χ0) is 16.2. The van der Waals surface area contributed by atoms with Gasteiger partial charge in [0.1, 0.15) is 0 Å². The van der Waals surface area contributed by atoms with Crippen LogP contribution in [-0.4, -0.2) is 56.8 Å². The Bertz CT molecular complexity index is 614. The standard InChI is InChI=1S/C13H21N3O4S/c1-11-6-7-12(16(17)18)10-13(11)21(19,20)15(4)9-5-8-14(2)3/h6-7,10H,5,8-9H2,1-4H3. The number of nitro groups is 1. The lowest BCUT2D eigenvalue weighted by molar-refractivity contribution is -0.385. The van der Waals surface area contributed by atoms with Crippen LogP contribution in [0.2, 0.25) is 0 Å². The first-order valence-electron chi connectivity index (χ1n) is 6.52. The Morgan fingerprint density at radius 3 is 2.33 bits per heavy atom. The molecular formula is C13H21N3O4S. The second-order valence-corrected chi connectivity index (χ2v) is 7.20. The van der Waals surface area contributed by atoms with Gasteiger partial charge in [0.05, 0.1) is 9.82 Å². The largest absolute Gasteiger partial charge is 0.309 e. The third-order valence-corrected chi connectivity index (χ3v) is 5.15. The molecule has 0 saturated heterocycles. The van der Waals surface area contributed by atoms with Gasteiger partial charge < -0.3 is 4.90 Å². The number of non-ortho nitro benzene ring substituents is 1. The number of hydrogen-bond acceptors (Lipinski definition) is 5. The number of nitrogens with zero attached hydrogens (tertiary/aromatic N) is 3. The maximum Gasteiger partial charge on any atom is 0.270 e. The van der Waals surface area contributed by atoms with Crippen molar-refractivity contribution in [3.05, 3.63) is 33.9 Å². The number of nitro benzene ring substituents is 1. The number of hydrogen-bond donors (Lipinski definition) is 0. The summed E-state index contributed by atoms with van der Waals surface area (Å²) in [4.78, 5) is 12.2. The summed E-state index contributed by atoms with van der Waals surface area (Å²) in [7, 11) is 1.61. The van der Waals surface area contributed by atoms with E-state index in [1.807, 2.05) is 19.0 Å². The Balaban J connectivity index is 3.01. The molecule has 8 heteroatoms. The molecule has 0 aliphatic rings. The molecule has 21 heavy (non-hydrogen) atoms. The van der Waals surface area contributed by atoms with Crippen molar-refractivity contribution in [1.82, 2.24) is 9.21 Å². The fourth-order valence-corrected chi connectivity index (χ4v) is 3.33. The Morgan fingerprint density at radius 1 is 1.19 bits per heavy atom. The molecule has 0 heterocycles. The van der Waals surface area contributed by atoms with Gasteiger partial charge in [0, 0.05) is 25.7 Å². The van der Waals surface area contributed by atoms with E-state index in [0.717, 1.165) is 12.6 Å². The van der Waals surface area contributed by atoms with E-state index in [1.54, 1.807) is 6.92 Å². The third kappa shape index (κ3) is 4.48. The summed E-state index contributed by atoms with van der Waals surface area (Å²) < 4.78 is 26.2. The fraction of sp³-hybridized carbons (Fsp3) is 0.538. The Kier molecular flexibility index (Phi) is 5.82. The fourth-order valence-electron chi connectivity index (χ4n) is 1.88. The monoisotopic (exact) mass is 315 g/mol. The first-order chi connectivity index (χ1) is 9.66. The number of rotatable bonds is 7. The van der Waals surface area contributed by atoms with Gasteiger partial charge in [0.15, 0.2) is 0 Å². The number of aryl methyl sites for hydroxylation is 1. The number of sulfonamides is 1. The molecule has 0 N–H and O–H groups in total. The van der Waals surface area contributed by atoms with Crippen molar-refractivity contribution >= 4 is 15.7 Å². The van der Waals surface area contributed by atoms with E-state index in [-0.39, 0.29) is 10.6 Å². The molecule has 0 saturated carbocycles. The van der Waals surface area contributed by atoms with Gasteiger partial charge in [-0.25, -0.2) is 12.7 Å². The van der Waals surface area contributed by atoms with E-state index in [4.69, 9.17) is 0 Å². The molecule has 1 aromatic carbocycles. The lowest BCUT2D eigenvalue weighted by atomic mass is 10.2. The smallest absolute Gasteiger partial charge is 0.270 e. The highest BCUT2D eigenvalue weighted by Gasteiger charge is 2.24. The maximum atomic E-state index is 12.5. The molecule has 0 spiro atoms. The van der Waals surface area contributed by atoms with Gasteiger partial charge >= 0.3 is 0 Å². The van der Waals surface area contributed by atoms with Crippen molar-refractivity contribution in [1.29, 1.82) is 0 Å². The first-order valence-corrected chi connectivity index (χ1v) is 7.96. The highest BCUT2D eigenvalue weighted by atomic mass is 32.2. The van der Waals surface area contributed by atoms with Crippen molar-refractivity contribution in [2.24, 2.45) is 0 Å². The van der Waals surface area contributed by atoms with Crippen LogP contribution in [0.1, 0.15) is 12.0 Å². The zero-order valence-corrected chi connectivity index (χ0v) is 13.6. The molecule has 118 valence electrons. The van der Waals surface area contributed by atoms with Crippen molar-refractivity contribution in [3.8, 4) is 0 Å². The summed E-state index contributed by atoms with van der Waals surface area (Å²) in [5, 5.41) is 10.8. The average molecular weight is 315 g/mol. The van der Waals surface area contributed by atoms with Crippen LogP contribution in [0.4, 0.5) is 5.69 Å². The molecule has 0 unspecified atom stereocenters. The van der Waals surface area contributed by atoms with Crippen molar-refractivity contribution in [3.63, 3.8) is 0 Å². The maximum absolute atomic E-state index is 12.5. The topological polar surface area (TPSA) is 83.8 Å². The van der Waals surface area contributed by atoms with Gasteiger partial charge in [-0.2, -0.15) is 0 Å². The minimum Gasteiger partial charge on any atom is -0.309 e. The summed E-state index contributed by atoms with van der Waals surface area (Å²) in [6, 6.07) is 3.88. The van der Waals surface area contributed by atoms with E-state index in [9.17, 15) is 18.5 Å². The van der Waals surface area contributed by atoms with Crippen LogP contribution in [-0.2, 0) is 10.0 Å². The van der Waals surface area contributed by atoms with E-state index in [0.29, 0.717) is 18.5 Å². The molecule has 0 aliphatic heterocycles. The normalized spacial score (nSPS) is 12.1. The van der Waals surface area contributed by atoms with Crippen molar-refractivity contribution < 1.29 is 13.3 Å². The van der Waals surface area contributed by atoms with Gasteiger partial charge in [-0.1, -0.05) is 6.07 Å². The molecule has 1 rings (SSSR count). The van der Waals surface area contributed by atoms with Gasteiger partial charge in [-0.3, -0.25) is 10.1 Å². The third-order valence-electron chi connectivity index (χ3n) is 3.15. The summed E-state index contributed by atoms with van der Waals surface area (Å²) in [5.41, 5.74) is 0.279. The second-order valence-electron chi connectivity index (χ2n) is 5.19. The molecule has 1 aromatic rings. The highest BCUT2D eigenvalue weighted by Crippen LogP contribution is 2.24. The first kappa shape index (κ1) is 17.5. The molecule has 0 atom stereocenters. The molecule has 0 fully saturated rings. The lowest BCUT2D eigenvalue weighted by Gasteiger charge is -2.19. The highest BCUT2D eigenvalue weighted by molar-refractivity contribution is 7.89.